The van der Waals surface area contributed by atoms with Gasteiger partial charge in [-0.1, -0.05) is 11.6 Å². The molecule has 3 saturated heterocycles. The summed E-state index contributed by atoms with van der Waals surface area (Å²) in [7, 11) is 2.15. The van der Waals surface area contributed by atoms with E-state index in [1.54, 1.807) is 6.07 Å². The molecule has 2 aromatic rings. The lowest BCUT2D eigenvalue weighted by Gasteiger charge is -2.48. The summed E-state index contributed by atoms with van der Waals surface area (Å²) in [5.41, 5.74) is 3.68. The molecule has 1 spiro atoms. The lowest BCUT2D eigenvalue weighted by Crippen LogP contribution is -2.59. The predicted molar refractivity (Wildman–Crippen MR) is 127 cm³/mol. The number of nitriles is 1. The van der Waals surface area contributed by atoms with E-state index in [0.717, 1.165) is 70.0 Å². The molecular weight excluding hydrogens is 422 g/mol. The predicted octanol–water partition coefficient (Wildman–Crippen LogP) is 3.32. The highest BCUT2D eigenvalue weighted by Gasteiger charge is 2.49. The zero-order chi connectivity index (χ0) is 22.3. The molecule has 6 nitrogen and oxygen atoms in total. The summed E-state index contributed by atoms with van der Waals surface area (Å²) in [5, 5.41) is 9.58. The summed E-state index contributed by atoms with van der Waals surface area (Å²) >= 11 is 6.22. The van der Waals surface area contributed by atoms with Crippen LogP contribution >= 0.6 is 11.6 Å². The number of likely N-dealkylation sites (N-methyl/N-ethyl adjacent to an activating group) is 1. The standard InChI is InChI=1S/C25H28ClN5O/c1-28-10-12-29(13-11-28)21-5-2-19(3-6-21)24(32)31-17-25(18-31)8-9-30(16-25)22-7-4-20(15-27)23(26)14-22/h2-7,14H,8-13,16-18H2,1H3. The van der Waals surface area contributed by atoms with Gasteiger partial charge in [-0.05, 0) is 55.9 Å². The maximum Gasteiger partial charge on any atom is 0.253 e. The van der Waals surface area contributed by atoms with Crippen LogP contribution < -0.4 is 9.80 Å². The molecule has 3 aliphatic heterocycles. The number of hydrogen-bond donors (Lipinski definition) is 0. The second-order valence-electron chi connectivity index (χ2n) is 9.45. The number of likely N-dealkylation sites (tertiary alicyclic amines) is 1. The summed E-state index contributed by atoms with van der Waals surface area (Å²) in [5.74, 6) is 0.125. The molecule has 0 radical (unpaired) electrons. The first-order valence-electron chi connectivity index (χ1n) is 11.2. The SMILES string of the molecule is CN1CCN(c2ccc(C(=O)N3CC4(CCN(c5ccc(C#N)c(Cl)c5)C4)C3)cc2)CC1. The van der Waals surface area contributed by atoms with Crippen LogP contribution in [0.4, 0.5) is 11.4 Å². The molecule has 166 valence electrons. The molecule has 1 amide bonds. The van der Waals surface area contributed by atoms with Gasteiger partial charge in [-0.25, -0.2) is 0 Å². The van der Waals surface area contributed by atoms with Crippen LogP contribution in [0.3, 0.4) is 0 Å². The Morgan fingerprint density at radius 1 is 0.938 bits per heavy atom. The minimum absolute atomic E-state index is 0.125. The Hall–Kier alpha value is -2.75. The van der Waals surface area contributed by atoms with E-state index in [0.29, 0.717) is 10.6 Å². The first kappa shape index (κ1) is 21.1. The third-order valence-electron chi connectivity index (χ3n) is 7.20. The quantitative estimate of drug-likeness (QED) is 0.719. The molecule has 0 N–H and O–H groups in total. The normalized spacial score (nSPS) is 20.3. The zero-order valence-corrected chi connectivity index (χ0v) is 19.2. The fourth-order valence-electron chi connectivity index (χ4n) is 5.17. The Morgan fingerprint density at radius 2 is 1.62 bits per heavy atom. The van der Waals surface area contributed by atoms with Gasteiger partial charge in [0.1, 0.15) is 6.07 Å². The lowest BCUT2D eigenvalue weighted by molar-refractivity contribution is 0.0167. The summed E-state index contributed by atoms with van der Waals surface area (Å²) in [6.07, 6.45) is 1.07. The lowest BCUT2D eigenvalue weighted by atomic mass is 9.78. The number of benzene rings is 2. The molecule has 0 saturated carbocycles. The van der Waals surface area contributed by atoms with Crippen molar-refractivity contribution in [3.05, 3.63) is 58.6 Å². The van der Waals surface area contributed by atoms with Crippen molar-refractivity contribution >= 4 is 28.9 Å². The van der Waals surface area contributed by atoms with Gasteiger partial charge >= 0.3 is 0 Å². The van der Waals surface area contributed by atoms with Crippen molar-refractivity contribution in [1.82, 2.24) is 9.80 Å². The van der Waals surface area contributed by atoms with E-state index in [9.17, 15) is 4.79 Å². The third-order valence-corrected chi connectivity index (χ3v) is 7.51. The molecule has 3 fully saturated rings. The van der Waals surface area contributed by atoms with E-state index in [1.807, 2.05) is 29.2 Å². The van der Waals surface area contributed by atoms with Crippen molar-refractivity contribution in [2.45, 2.75) is 6.42 Å². The highest BCUT2D eigenvalue weighted by Crippen LogP contribution is 2.42. The number of rotatable bonds is 3. The number of piperazine rings is 1. The van der Waals surface area contributed by atoms with Crippen molar-refractivity contribution in [3.8, 4) is 6.07 Å². The van der Waals surface area contributed by atoms with Crippen molar-refractivity contribution in [2.75, 3.05) is 69.2 Å². The van der Waals surface area contributed by atoms with Gasteiger partial charge in [-0.15, -0.1) is 0 Å². The molecular formula is C25H28ClN5O. The Morgan fingerprint density at radius 3 is 2.28 bits per heavy atom. The zero-order valence-electron chi connectivity index (χ0n) is 18.4. The summed E-state index contributed by atoms with van der Waals surface area (Å²) in [6, 6.07) is 15.8. The fraction of sp³-hybridized carbons (Fsp3) is 0.440. The van der Waals surface area contributed by atoms with Gasteiger partial charge in [0.05, 0.1) is 10.6 Å². The molecule has 3 heterocycles. The van der Waals surface area contributed by atoms with Crippen LogP contribution in [0.2, 0.25) is 5.02 Å². The van der Waals surface area contributed by atoms with Crippen molar-refractivity contribution in [1.29, 1.82) is 5.26 Å². The Bertz CT molecular complexity index is 1050. The first-order valence-corrected chi connectivity index (χ1v) is 11.6. The van der Waals surface area contributed by atoms with E-state index in [4.69, 9.17) is 16.9 Å². The average molecular weight is 450 g/mol. The van der Waals surface area contributed by atoms with Crippen molar-refractivity contribution in [3.63, 3.8) is 0 Å². The number of amides is 1. The van der Waals surface area contributed by atoms with Gasteiger partial charge in [-0.2, -0.15) is 5.26 Å². The van der Waals surface area contributed by atoms with Gasteiger partial charge in [-0.3, -0.25) is 4.79 Å². The summed E-state index contributed by atoms with van der Waals surface area (Å²) < 4.78 is 0. The van der Waals surface area contributed by atoms with E-state index in [1.165, 1.54) is 5.69 Å². The average Bonchev–Trinajstić information content (AvgIpc) is 3.24. The number of carbonyl (C=O) groups is 1. The van der Waals surface area contributed by atoms with Gasteiger partial charge in [0.2, 0.25) is 0 Å². The van der Waals surface area contributed by atoms with Crippen molar-refractivity contribution in [2.24, 2.45) is 5.41 Å². The van der Waals surface area contributed by atoms with Gasteiger partial charge in [0.25, 0.3) is 5.91 Å². The smallest absolute Gasteiger partial charge is 0.253 e. The Labute approximate surface area is 194 Å². The highest BCUT2D eigenvalue weighted by molar-refractivity contribution is 6.32. The molecule has 2 aromatic carbocycles. The third kappa shape index (κ3) is 3.92. The first-order chi connectivity index (χ1) is 15.5. The second kappa shape index (κ2) is 8.31. The maximum atomic E-state index is 13.0. The van der Waals surface area contributed by atoms with E-state index < -0.39 is 0 Å². The van der Waals surface area contributed by atoms with Gasteiger partial charge < -0.3 is 19.6 Å². The molecule has 0 bridgehead atoms. The minimum atomic E-state index is 0.125. The molecule has 0 atom stereocenters. The van der Waals surface area contributed by atoms with E-state index >= 15 is 0 Å². The Kier molecular flexibility index (Phi) is 5.48. The molecule has 0 aliphatic carbocycles. The maximum absolute atomic E-state index is 13.0. The van der Waals surface area contributed by atoms with Gasteiger partial charge in [0.15, 0.2) is 0 Å². The van der Waals surface area contributed by atoms with Crippen LogP contribution in [0, 0.1) is 16.7 Å². The van der Waals surface area contributed by atoms with Gasteiger partial charge in [0, 0.05) is 74.7 Å². The molecule has 0 aromatic heterocycles. The van der Waals surface area contributed by atoms with Crippen molar-refractivity contribution < 1.29 is 4.79 Å². The Balaban J connectivity index is 1.18. The number of halogens is 1. The molecule has 7 heteroatoms. The second-order valence-corrected chi connectivity index (χ2v) is 9.85. The number of carbonyl (C=O) groups excluding carboxylic acids is 1. The largest absolute Gasteiger partial charge is 0.371 e. The molecule has 3 aliphatic rings. The van der Waals surface area contributed by atoms with Crippen LogP contribution in [0.1, 0.15) is 22.3 Å². The summed E-state index contributed by atoms with van der Waals surface area (Å²) in [4.78, 5) is 22.0. The monoisotopic (exact) mass is 449 g/mol. The van der Waals surface area contributed by atoms with E-state index in [-0.39, 0.29) is 11.3 Å². The minimum Gasteiger partial charge on any atom is -0.371 e. The molecule has 0 unspecified atom stereocenters. The van der Waals surface area contributed by atoms with Crippen LogP contribution in [0.5, 0.6) is 0 Å². The van der Waals surface area contributed by atoms with Crippen LogP contribution in [-0.2, 0) is 0 Å². The van der Waals surface area contributed by atoms with Crippen LogP contribution in [0.15, 0.2) is 42.5 Å². The fourth-order valence-corrected chi connectivity index (χ4v) is 5.39. The number of anilines is 2. The van der Waals surface area contributed by atoms with E-state index in [2.05, 4.69) is 39.9 Å². The number of hydrogen-bond acceptors (Lipinski definition) is 5. The molecule has 5 rings (SSSR count). The summed E-state index contributed by atoms with van der Waals surface area (Å²) in [6.45, 7) is 7.66. The molecule has 32 heavy (non-hydrogen) atoms. The number of nitrogens with zero attached hydrogens (tertiary/aromatic N) is 5. The highest BCUT2D eigenvalue weighted by atomic mass is 35.5. The topological polar surface area (TPSA) is 53.8 Å². The van der Waals surface area contributed by atoms with Crippen LogP contribution in [0.25, 0.3) is 0 Å². The van der Waals surface area contributed by atoms with Crippen LogP contribution in [-0.4, -0.2) is 75.1 Å².